The fourth-order valence-electron chi connectivity index (χ4n) is 3.16. The van der Waals surface area contributed by atoms with Crippen molar-refractivity contribution in [1.82, 2.24) is 30.4 Å². The topological polar surface area (TPSA) is 130 Å². The third-order valence-corrected chi connectivity index (χ3v) is 8.19. The Labute approximate surface area is 193 Å². The number of tetrazole rings is 1. The average molecular weight is 499 g/mol. The molecule has 2 aromatic rings. The van der Waals surface area contributed by atoms with Gasteiger partial charge in [0.2, 0.25) is 5.16 Å². The number of carbonyl (C=O) groups excluding carboxylic acids is 2. The lowest BCUT2D eigenvalue weighted by molar-refractivity contribution is -0.150. The molecule has 2 amide bonds. The lowest BCUT2D eigenvalue weighted by Gasteiger charge is -2.49. The summed E-state index contributed by atoms with van der Waals surface area (Å²) in [7, 11) is 1.69. The van der Waals surface area contributed by atoms with E-state index >= 15 is 0 Å². The molecule has 2 atom stereocenters. The Morgan fingerprint density at radius 1 is 1.48 bits per heavy atom. The van der Waals surface area contributed by atoms with Gasteiger partial charge in [0, 0.05) is 29.0 Å². The molecular weight excluding hydrogens is 484 g/mol. The molecule has 1 fully saturated rings. The summed E-state index contributed by atoms with van der Waals surface area (Å²) in [5.74, 6) is -1.40. The lowest BCUT2D eigenvalue weighted by Crippen LogP contribution is -2.70. The van der Waals surface area contributed by atoms with Crippen LogP contribution in [0.25, 0.3) is 5.57 Å². The summed E-state index contributed by atoms with van der Waals surface area (Å²) >= 11 is 9.87. The van der Waals surface area contributed by atoms with Gasteiger partial charge in [-0.05, 0) is 27.4 Å². The molecule has 0 spiro atoms. The van der Waals surface area contributed by atoms with Gasteiger partial charge in [-0.2, -0.15) is 0 Å². The minimum absolute atomic E-state index is 0.0479. The van der Waals surface area contributed by atoms with E-state index in [0.717, 1.165) is 0 Å². The molecule has 4 rings (SSSR count). The Morgan fingerprint density at radius 3 is 2.90 bits per heavy atom. The largest absolute Gasteiger partial charge is 0.477 e. The SMILES string of the molecule is Cn1nnnc1SCC1=C(C(=O)O)N2C(=O)C(NC(=O)C(=CCl)c3cccs3)[C@@H]2SC1. The summed E-state index contributed by atoms with van der Waals surface area (Å²) in [6, 6.07) is 2.72. The number of aliphatic carboxylic acids is 1. The Balaban J connectivity index is 1.49. The minimum Gasteiger partial charge on any atom is -0.477 e. The van der Waals surface area contributed by atoms with Crippen molar-refractivity contribution in [3.8, 4) is 0 Å². The number of aryl methyl sites for hydroxylation is 1. The maximum absolute atomic E-state index is 12.8. The monoisotopic (exact) mass is 498 g/mol. The van der Waals surface area contributed by atoms with Crippen LogP contribution >= 0.6 is 46.5 Å². The maximum Gasteiger partial charge on any atom is 0.352 e. The number of nitrogens with one attached hydrogen (secondary N) is 1. The van der Waals surface area contributed by atoms with Crippen molar-refractivity contribution in [3.63, 3.8) is 0 Å². The second kappa shape index (κ2) is 9.02. The van der Waals surface area contributed by atoms with Gasteiger partial charge in [-0.3, -0.25) is 14.5 Å². The van der Waals surface area contributed by atoms with E-state index in [1.54, 1.807) is 19.2 Å². The van der Waals surface area contributed by atoms with Crippen LogP contribution in [0.3, 0.4) is 0 Å². The number of rotatable bonds is 7. The van der Waals surface area contributed by atoms with E-state index in [2.05, 4.69) is 20.8 Å². The van der Waals surface area contributed by atoms with Crippen molar-refractivity contribution in [1.29, 1.82) is 0 Å². The van der Waals surface area contributed by atoms with Crippen LogP contribution in [0.15, 0.2) is 39.5 Å². The molecule has 162 valence electrons. The highest BCUT2D eigenvalue weighted by Gasteiger charge is 2.54. The lowest BCUT2D eigenvalue weighted by atomic mass is 10.0. The summed E-state index contributed by atoms with van der Waals surface area (Å²) in [4.78, 5) is 39.3. The number of β-lactam (4-membered cyclic amide) rings is 1. The number of thiophene rings is 1. The highest BCUT2D eigenvalue weighted by Crippen LogP contribution is 2.41. The fraction of sp³-hybridized carbons (Fsp3) is 0.294. The summed E-state index contributed by atoms with van der Waals surface area (Å²) in [6.45, 7) is 0. The van der Waals surface area contributed by atoms with Crippen molar-refractivity contribution >= 4 is 69.8 Å². The molecule has 14 heteroatoms. The summed E-state index contributed by atoms with van der Waals surface area (Å²) in [6.07, 6.45) is 0. The fourth-order valence-corrected chi connectivity index (χ4v) is 6.51. The summed E-state index contributed by atoms with van der Waals surface area (Å²) < 4.78 is 1.49. The Morgan fingerprint density at radius 2 is 2.29 bits per heavy atom. The first-order valence-corrected chi connectivity index (χ1v) is 12.2. The molecule has 1 unspecified atom stereocenters. The van der Waals surface area contributed by atoms with E-state index in [1.807, 2.05) is 5.38 Å². The van der Waals surface area contributed by atoms with Gasteiger partial charge in [-0.25, -0.2) is 9.48 Å². The number of hydrogen-bond donors (Lipinski definition) is 2. The van der Waals surface area contributed by atoms with Crippen molar-refractivity contribution in [3.05, 3.63) is 39.2 Å². The molecule has 2 N–H and O–H groups in total. The number of carbonyl (C=O) groups is 3. The number of nitrogens with zero attached hydrogens (tertiary/aromatic N) is 5. The van der Waals surface area contributed by atoms with Crippen LogP contribution in [0.2, 0.25) is 0 Å². The molecule has 0 aliphatic carbocycles. The molecule has 31 heavy (non-hydrogen) atoms. The molecule has 2 aliphatic rings. The quantitative estimate of drug-likeness (QED) is 0.330. The van der Waals surface area contributed by atoms with E-state index in [1.165, 1.54) is 50.0 Å². The number of carboxylic acid groups (broad SMARTS) is 1. The van der Waals surface area contributed by atoms with Crippen LogP contribution in [0, 0.1) is 0 Å². The number of thioether (sulfide) groups is 2. The maximum atomic E-state index is 12.8. The molecular formula is C17H15ClN6O4S3. The van der Waals surface area contributed by atoms with Crippen molar-refractivity contribution in [2.24, 2.45) is 7.05 Å². The molecule has 2 aromatic heterocycles. The van der Waals surface area contributed by atoms with Crippen LogP contribution in [0.5, 0.6) is 0 Å². The summed E-state index contributed by atoms with van der Waals surface area (Å²) in [5, 5.41) is 25.5. The molecule has 0 radical (unpaired) electrons. The first-order valence-electron chi connectivity index (χ1n) is 8.82. The molecule has 0 bridgehead atoms. The summed E-state index contributed by atoms with van der Waals surface area (Å²) in [5.41, 5.74) is 1.98. The van der Waals surface area contributed by atoms with Crippen LogP contribution in [-0.4, -0.2) is 70.9 Å². The smallest absolute Gasteiger partial charge is 0.352 e. The second-order valence-electron chi connectivity index (χ2n) is 6.49. The van der Waals surface area contributed by atoms with Crippen molar-refractivity contribution in [2.45, 2.75) is 16.6 Å². The van der Waals surface area contributed by atoms with Crippen LogP contribution in [0.1, 0.15) is 4.88 Å². The van der Waals surface area contributed by atoms with E-state index in [4.69, 9.17) is 11.6 Å². The van der Waals surface area contributed by atoms with Gasteiger partial charge in [-0.1, -0.05) is 29.4 Å². The van der Waals surface area contributed by atoms with Crippen LogP contribution < -0.4 is 5.32 Å². The number of carboxylic acids is 1. The normalized spacial score (nSPS) is 21.0. The third-order valence-electron chi connectivity index (χ3n) is 4.63. The van der Waals surface area contributed by atoms with Gasteiger partial charge >= 0.3 is 5.97 Å². The highest BCUT2D eigenvalue weighted by molar-refractivity contribution is 8.01. The third kappa shape index (κ3) is 4.10. The van der Waals surface area contributed by atoms with Crippen molar-refractivity contribution < 1.29 is 19.5 Å². The van der Waals surface area contributed by atoms with Crippen LogP contribution in [0.4, 0.5) is 0 Å². The predicted octanol–water partition coefficient (Wildman–Crippen LogP) is 1.38. The first kappa shape index (κ1) is 21.9. The molecule has 1 saturated heterocycles. The number of aromatic nitrogens is 4. The molecule has 0 aromatic carbocycles. The van der Waals surface area contributed by atoms with E-state index in [0.29, 0.717) is 27.1 Å². The predicted molar refractivity (Wildman–Crippen MR) is 117 cm³/mol. The van der Waals surface area contributed by atoms with Gasteiger partial charge in [0.25, 0.3) is 11.8 Å². The number of hydrogen-bond acceptors (Lipinski definition) is 9. The Bertz CT molecular complexity index is 1100. The van der Waals surface area contributed by atoms with Crippen molar-refractivity contribution in [2.75, 3.05) is 11.5 Å². The Hall–Kier alpha value is -2.35. The van der Waals surface area contributed by atoms with Gasteiger partial charge in [-0.15, -0.1) is 28.2 Å². The van der Waals surface area contributed by atoms with Gasteiger partial charge in [0.15, 0.2) is 0 Å². The van der Waals surface area contributed by atoms with Gasteiger partial charge in [0.05, 0.1) is 5.57 Å². The molecule has 2 aliphatic heterocycles. The standard InChI is InChI=1S/C17H15ClN6O4S3/c1-23-17(20-21-22-23)31-7-8-6-30-15-11(14(26)24(15)12(8)16(27)28)19-13(25)9(5-18)10-3-2-4-29-10/h2-5,11,15H,6-7H2,1H3,(H,19,25)(H,27,28)/t11?,15-/m0/s1. The number of fused-ring (bicyclic) bond motifs is 1. The number of amides is 2. The average Bonchev–Trinajstić information content (AvgIpc) is 3.42. The first-order chi connectivity index (χ1) is 14.9. The van der Waals surface area contributed by atoms with E-state index < -0.39 is 29.2 Å². The zero-order valence-corrected chi connectivity index (χ0v) is 19.1. The second-order valence-corrected chi connectivity index (χ2v) is 9.71. The molecule has 0 saturated carbocycles. The zero-order chi connectivity index (χ0) is 22.1. The van der Waals surface area contributed by atoms with Gasteiger partial charge in [0.1, 0.15) is 17.1 Å². The molecule has 4 heterocycles. The minimum atomic E-state index is -1.19. The molecule has 10 nitrogen and oxygen atoms in total. The van der Waals surface area contributed by atoms with Gasteiger partial charge < -0.3 is 10.4 Å². The number of halogens is 1. The van der Waals surface area contributed by atoms with E-state index in [-0.39, 0.29) is 11.3 Å². The van der Waals surface area contributed by atoms with E-state index in [9.17, 15) is 19.5 Å². The van der Waals surface area contributed by atoms with Crippen LogP contribution in [-0.2, 0) is 21.4 Å². The Kier molecular flexibility index (Phi) is 6.36. The highest BCUT2D eigenvalue weighted by atomic mass is 35.5. The zero-order valence-electron chi connectivity index (χ0n) is 15.9.